The largest absolute Gasteiger partial charge is 0.320 e. The van der Waals surface area contributed by atoms with Crippen molar-refractivity contribution in [3.63, 3.8) is 0 Å². The summed E-state index contributed by atoms with van der Waals surface area (Å²) in [4.78, 5) is 18.4. The van der Waals surface area contributed by atoms with Crippen molar-refractivity contribution in [3.8, 4) is 0 Å². The van der Waals surface area contributed by atoms with Crippen LogP contribution in [0.25, 0.3) is 0 Å². The van der Waals surface area contributed by atoms with E-state index >= 15 is 0 Å². The van der Waals surface area contributed by atoms with Crippen LogP contribution in [-0.2, 0) is 0 Å². The van der Waals surface area contributed by atoms with Gasteiger partial charge in [0.15, 0.2) is 3.92 Å². The van der Waals surface area contributed by atoms with Gasteiger partial charge in [0.05, 0.1) is 18.1 Å². The van der Waals surface area contributed by atoms with Crippen molar-refractivity contribution in [2.45, 2.75) is 0 Å². The van der Waals surface area contributed by atoms with Crippen molar-refractivity contribution in [1.82, 2.24) is 9.97 Å². The Morgan fingerprint density at radius 2 is 2.18 bits per heavy atom. The van der Waals surface area contributed by atoms with Crippen LogP contribution < -0.4 is 5.32 Å². The fourth-order valence-electron chi connectivity index (χ4n) is 1.09. The lowest BCUT2D eigenvalue weighted by Crippen LogP contribution is -2.12. The molecule has 0 unspecified atom stereocenters. The minimum Gasteiger partial charge on any atom is -0.320 e. The molecule has 0 aromatic carbocycles. The number of halogens is 3. The number of rotatable bonds is 2. The maximum atomic E-state index is 13.2. The molecule has 17 heavy (non-hydrogen) atoms. The monoisotopic (exact) mass is 319 g/mol. The summed E-state index contributed by atoms with van der Waals surface area (Å²) in [5.74, 6) is -2.16. The van der Waals surface area contributed by atoms with Gasteiger partial charge in [-0.25, -0.2) is 9.37 Å². The zero-order valence-corrected chi connectivity index (χ0v) is 10.5. The molecule has 0 atom stereocenters. The van der Waals surface area contributed by atoms with Crippen LogP contribution in [-0.4, -0.2) is 15.9 Å². The molecule has 2 heterocycles. The first-order valence-electron chi connectivity index (χ1n) is 4.30. The van der Waals surface area contributed by atoms with Crippen molar-refractivity contribution < 1.29 is 13.6 Å². The molecule has 1 N–H and O–H groups in total. The van der Waals surface area contributed by atoms with Crippen molar-refractivity contribution in [3.05, 3.63) is 39.0 Å². The molecule has 0 fully saturated rings. The smallest absolute Gasteiger partial charge is 0.270 e. The molecule has 2 aromatic heterocycles. The number of nitrogens with one attached hydrogen (secondary N) is 1. The van der Waals surface area contributed by atoms with E-state index in [-0.39, 0.29) is 14.5 Å². The van der Waals surface area contributed by atoms with Gasteiger partial charge < -0.3 is 5.32 Å². The lowest BCUT2D eigenvalue weighted by molar-refractivity contribution is 0.102. The molecule has 4 nitrogen and oxygen atoms in total. The molecule has 0 aliphatic rings. The maximum Gasteiger partial charge on any atom is 0.270 e. The number of anilines is 1. The SMILES string of the molecule is O=C(Nc1cncc(F)c1)c1sc(Br)nc1F. The zero-order valence-electron chi connectivity index (χ0n) is 8.08. The van der Waals surface area contributed by atoms with E-state index in [9.17, 15) is 13.6 Å². The molecule has 0 radical (unpaired) electrons. The van der Waals surface area contributed by atoms with E-state index in [2.05, 4.69) is 31.2 Å². The Kier molecular flexibility index (Phi) is 3.43. The predicted octanol–water partition coefficient (Wildman–Crippen LogP) is 2.83. The summed E-state index contributed by atoms with van der Waals surface area (Å²) in [6.45, 7) is 0. The minimum atomic E-state index is -0.872. The number of aromatic nitrogens is 2. The van der Waals surface area contributed by atoms with Crippen LogP contribution in [0.4, 0.5) is 14.5 Å². The summed E-state index contributed by atoms with van der Waals surface area (Å²) in [7, 11) is 0. The van der Waals surface area contributed by atoms with E-state index in [1.165, 1.54) is 6.20 Å². The second-order valence-corrected chi connectivity index (χ2v) is 5.21. The van der Waals surface area contributed by atoms with Gasteiger partial charge in [0.25, 0.3) is 5.91 Å². The Balaban J connectivity index is 2.20. The maximum absolute atomic E-state index is 13.2. The summed E-state index contributed by atoms with van der Waals surface area (Å²) in [6.07, 6.45) is 2.26. The van der Waals surface area contributed by atoms with Crippen LogP contribution in [0, 0.1) is 11.8 Å². The molecular formula is C9H4BrF2N3OS. The molecule has 0 aliphatic heterocycles. The van der Waals surface area contributed by atoms with Gasteiger partial charge in [0.2, 0.25) is 5.95 Å². The van der Waals surface area contributed by atoms with E-state index in [1.807, 2.05) is 0 Å². The third kappa shape index (κ3) is 2.83. The molecule has 0 aliphatic carbocycles. The summed E-state index contributed by atoms with van der Waals surface area (Å²) in [5, 5.41) is 2.32. The Bertz CT molecular complexity index is 575. The van der Waals surface area contributed by atoms with Gasteiger partial charge in [-0.1, -0.05) is 11.3 Å². The van der Waals surface area contributed by atoms with E-state index < -0.39 is 17.7 Å². The lowest BCUT2D eigenvalue weighted by Gasteiger charge is -2.02. The fraction of sp³-hybridized carbons (Fsp3) is 0. The van der Waals surface area contributed by atoms with E-state index in [4.69, 9.17) is 0 Å². The zero-order chi connectivity index (χ0) is 12.4. The van der Waals surface area contributed by atoms with Gasteiger partial charge in [-0.05, 0) is 15.9 Å². The van der Waals surface area contributed by atoms with Crippen LogP contribution in [0.15, 0.2) is 22.4 Å². The van der Waals surface area contributed by atoms with Gasteiger partial charge in [0, 0.05) is 6.07 Å². The summed E-state index contributed by atoms with van der Waals surface area (Å²) < 4.78 is 26.2. The molecule has 0 saturated carbocycles. The Labute approximate surface area is 107 Å². The van der Waals surface area contributed by atoms with Crippen molar-refractivity contribution >= 4 is 38.9 Å². The second kappa shape index (κ2) is 4.84. The molecular weight excluding hydrogens is 316 g/mol. The standard InChI is InChI=1S/C9H4BrF2N3OS/c10-9-15-7(12)6(17-9)8(16)14-5-1-4(11)2-13-3-5/h1-3H,(H,14,16). The van der Waals surface area contributed by atoms with Crippen molar-refractivity contribution in [1.29, 1.82) is 0 Å². The topological polar surface area (TPSA) is 54.9 Å². The molecule has 2 rings (SSSR count). The first kappa shape index (κ1) is 12.1. The molecule has 0 saturated heterocycles. The first-order chi connectivity index (χ1) is 8.06. The van der Waals surface area contributed by atoms with Crippen molar-refractivity contribution in [2.24, 2.45) is 0 Å². The minimum absolute atomic E-state index is 0.152. The average Bonchev–Trinajstić information content (AvgIpc) is 2.58. The second-order valence-electron chi connectivity index (χ2n) is 2.93. The predicted molar refractivity (Wildman–Crippen MR) is 61.9 cm³/mol. The van der Waals surface area contributed by atoms with Gasteiger partial charge >= 0.3 is 0 Å². The van der Waals surface area contributed by atoms with Gasteiger partial charge in [-0.3, -0.25) is 9.78 Å². The molecule has 8 heteroatoms. The summed E-state index contributed by atoms with van der Waals surface area (Å²) in [6, 6.07) is 1.08. The summed E-state index contributed by atoms with van der Waals surface area (Å²) in [5.41, 5.74) is 0.152. The van der Waals surface area contributed by atoms with E-state index in [0.717, 1.165) is 23.6 Å². The number of hydrogen-bond acceptors (Lipinski definition) is 4. The highest BCUT2D eigenvalue weighted by Gasteiger charge is 2.17. The number of carbonyl (C=O) groups is 1. The van der Waals surface area contributed by atoms with E-state index in [0.29, 0.717) is 0 Å². The Hall–Kier alpha value is -1.41. The van der Waals surface area contributed by atoms with Crippen LogP contribution in [0.1, 0.15) is 9.67 Å². The number of hydrogen-bond donors (Lipinski definition) is 1. The molecule has 0 bridgehead atoms. The number of thiazole rings is 1. The van der Waals surface area contributed by atoms with Crippen LogP contribution in [0.5, 0.6) is 0 Å². The molecule has 0 spiro atoms. The first-order valence-corrected chi connectivity index (χ1v) is 5.91. The van der Waals surface area contributed by atoms with Gasteiger partial charge in [-0.15, -0.1) is 0 Å². The normalized spacial score (nSPS) is 10.3. The highest BCUT2D eigenvalue weighted by molar-refractivity contribution is 9.11. The molecule has 88 valence electrons. The van der Waals surface area contributed by atoms with E-state index in [1.54, 1.807) is 0 Å². The Morgan fingerprint density at radius 1 is 1.41 bits per heavy atom. The van der Waals surface area contributed by atoms with Crippen LogP contribution in [0.2, 0.25) is 0 Å². The van der Waals surface area contributed by atoms with Crippen molar-refractivity contribution in [2.75, 3.05) is 5.32 Å². The molecule has 2 aromatic rings. The van der Waals surface area contributed by atoms with Gasteiger partial charge in [-0.2, -0.15) is 4.39 Å². The lowest BCUT2D eigenvalue weighted by atomic mass is 10.4. The third-order valence-electron chi connectivity index (χ3n) is 1.73. The van der Waals surface area contributed by atoms with Crippen LogP contribution >= 0.6 is 27.3 Å². The number of pyridine rings is 1. The third-order valence-corrected chi connectivity index (χ3v) is 3.21. The molecule has 1 amide bonds. The van der Waals surface area contributed by atoms with Gasteiger partial charge in [0.1, 0.15) is 10.7 Å². The van der Waals surface area contributed by atoms with Crippen LogP contribution in [0.3, 0.4) is 0 Å². The number of nitrogens with zero attached hydrogens (tertiary/aromatic N) is 2. The number of carbonyl (C=O) groups excluding carboxylic acids is 1. The Morgan fingerprint density at radius 3 is 2.76 bits per heavy atom. The summed E-state index contributed by atoms with van der Waals surface area (Å²) >= 11 is 3.81. The highest BCUT2D eigenvalue weighted by atomic mass is 79.9. The number of amides is 1. The fourth-order valence-corrected chi connectivity index (χ4v) is 2.29. The average molecular weight is 320 g/mol. The quantitative estimate of drug-likeness (QED) is 0.926. The highest BCUT2D eigenvalue weighted by Crippen LogP contribution is 2.23.